The lowest BCUT2D eigenvalue weighted by Crippen LogP contribution is -2.10. The second-order valence-electron chi connectivity index (χ2n) is 3.82. The fourth-order valence-corrected chi connectivity index (χ4v) is 2.29. The monoisotopic (exact) mass is 194 g/mol. The van der Waals surface area contributed by atoms with E-state index in [2.05, 4.69) is 12.2 Å². The third-order valence-electron chi connectivity index (χ3n) is 2.99. The second kappa shape index (κ2) is 3.58. The molecule has 0 radical (unpaired) electrons. The van der Waals surface area contributed by atoms with Crippen LogP contribution in [0.25, 0.3) is 0 Å². The number of carbonyl (C=O) groups excluding carboxylic acids is 1. The van der Waals surface area contributed by atoms with Gasteiger partial charge in [0.15, 0.2) is 0 Å². The van der Waals surface area contributed by atoms with Gasteiger partial charge in [-0.05, 0) is 17.6 Å². The van der Waals surface area contributed by atoms with Gasteiger partial charge in [0.2, 0.25) is 0 Å². The summed E-state index contributed by atoms with van der Waals surface area (Å²) in [6.45, 7) is 1.83. The number of esters is 1. The summed E-state index contributed by atoms with van der Waals surface area (Å²) in [4.78, 5) is 10.7. The molecule has 14 heavy (non-hydrogen) atoms. The lowest BCUT2D eigenvalue weighted by atomic mass is 9.98. The molecule has 0 amide bonds. The molecule has 2 atom stereocenters. The van der Waals surface area contributed by atoms with Crippen molar-refractivity contribution in [3.8, 4) is 0 Å². The van der Waals surface area contributed by atoms with Gasteiger partial charge in [0.25, 0.3) is 0 Å². The highest BCUT2D eigenvalue weighted by atomic mass is 16.5. The van der Waals surface area contributed by atoms with Crippen molar-refractivity contribution in [1.29, 1.82) is 0 Å². The molecule has 0 aromatic rings. The minimum atomic E-state index is -0.262. The molecule has 0 heterocycles. The standard InChI is InChI=1S/C11H14O3/c1-7(13)14-6-11-9-3-2-8(4-9)10(11)5-12/h2-3,8-9,12H,4-6H2,1H3/t8-,9+/m1/s1. The van der Waals surface area contributed by atoms with Crippen LogP contribution in [0.3, 0.4) is 0 Å². The number of fused-ring (bicyclic) bond motifs is 2. The topological polar surface area (TPSA) is 46.5 Å². The van der Waals surface area contributed by atoms with E-state index in [1.807, 2.05) is 0 Å². The highest BCUT2D eigenvalue weighted by molar-refractivity contribution is 5.66. The largest absolute Gasteiger partial charge is 0.461 e. The first-order chi connectivity index (χ1) is 6.72. The lowest BCUT2D eigenvalue weighted by molar-refractivity contribution is -0.140. The molecule has 2 bridgehead atoms. The quantitative estimate of drug-likeness (QED) is 0.539. The summed E-state index contributed by atoms with van der Waals surface area (Å²) in [7, 11) is 0. The first kappa shape index (κ1) is 9.46. The van der Waals surface area contributed by atoms with Gasteiger partial charge in [0.1, 0.15) is 6.61 Å². The molecule has 0 fully saturated rings. The molecule has 0 saturated heterocycles. The van der Waals surface area contributed by atoms with Crippen LogP contribution in [0.5, 0.6) is 0 Å². The molecule has 76 valence electrons. The van der Waals surface area contributed by atoms with Crippen molar-refractivity contribution in [2.75, 3.05) is 13.2 Å². The summed E-state index contributed by atoms with van der Waals surface area (Å²) >= 11 is 0. The molecule has 3 nitrogen and oxygen atoms in total. The van der Waals surface area contributed by atoms with E-state index in [1.165, 1.54) is 6.92 Å². The Morgan fingerprint density at radius 1 is 1.50 bits per heavy atom. The van der Waals surface area contributed by atoms with E-state index in [0.717, 1.165) is 17.6 Å². The van der Waals surface area contributed by atoms with Gasteiger partial charge in [0, 0.05) is 18.8 Å². The number of ether oxygens (including phenoxy) is 1. The average Bonchev–Trinajstić information content (AvgIpc) is 2.72. The Kier molecular flexibility index (Phi) is 2.42. The molecule has 2 aliphatic rings. The van der Waals surface area contributed by atoms with Crippen LogP contribution in [0.2, 0.25) is 0 Å². The summed E-state index contributed by atoms with van der Waals surface area (Å²) in [6, 6.07) is 0. The first-order valence-electron chi connectivity index (χ1n) is 4.86. The Morgan fingerprint density at radius 2 is 2.14 bits per heavy atom. The van der Waals surface area contributed by atoms with E-state index in [4.69, 9.17) is 4.74 Å². The van der Waals surface area contributed by atoms with Gasteiger partial charge < -0.3 is 9.84 Å². The molecular formula is C11H14O3. The van der Waals surface area contributed by atoms with Crippen molar-refractivity contribution in [2.45, 2.75) is 13.3 Å². The van der Waals surface area contributed by atoms with Crippen molar-refractivity contribution in [1.82, 2.24) is 0 Å². The Morgan fingerprint density at radius 3 is 2.71 bits per heavy atom. The van der Waals surface area contributed by atoms with Crippen molar-refractivity contribution in [3.63, 3.8) is 0 Å². The van der Waals surface area contributed by atoms with E-state index in [9.17, 15) is 9.90 Å². The highest BCUT2D eigenvalue weighted by Gasteiger charge is 2.34. The molecule has 3 heteroatoms. The Hall–Kier alpha value is -1.09. The van der Waals surface area contributed by atoms with E-state index < -0.39 is 0 Å². The van der Waals surface area contributed by atoms with E-state index in [1.54, 1.807) is 0 Å². The Balaban J connectivity index is 2.08. The van der Waals surface area contributed by atoms with Crippen molar-refractivity contribution in [3.05, 3.63) is 23.3 Å². The summed E-state index contributed by atoms with van der Waals surface area (Å²) in [6.07, 6.45) is 5.32. The maximum absolute atomic E-state index is 10.7. The van der Waals surface area contributed by atoms with Crippen LogP contribution < -0.4 is 0 Å². The van der Waals surface area contributed by atoms with Gasteiger partial charge in [0.05, 0.1) is 6.61 Å². The number of allylic oxidation sites excluding steroid dienone is 2. The van der Waals surface area contributed by atoms with Crippen LogP contribution >= 0.6 is 0 Å². The van der Waals surface area contributed by atoms with Gasteiger partial charge >= 0.3 is 5.97 Å². The molecule has 2 rings (SSSR count). The third-order valence-corrected chi connectivity index (χ3v) is 2.99. The van der Waals surface area contributed by atoms with E-state index in [0.29, 0.717) is 18.4 Å². The van der Waals surface area contributed by atoms with Crippen LogP contribution in [0.1, 0.15) is 13.3 Å². The highest BCUT2D eigenvalue weighted by Crippen LogP contribution is 2.43. The van der Waals surface area contributed by atoms with E-state index in [-0.39, 0.29) is 12.6 Å². The number of carbonyl (C=O) groups is 1. The van der Waals surface area contributed by atoms with Gasteiger partial charge in [-0.15, -0.1) is 0 Å². The number of aliphatic hydroxyl groups excluding tert-OH is 1. The molecule has 0 aromatic heterocycles. The molecule has 0 unspecified atom stereocenters. The van der Waals surface area contributed by atoms with Crippen LogP contribution in [-0.2, 0) is 9.53 Å². The molecule has 0 aliphatic heterocycles. The smallest absolute Gasteiger partial charge is 0.302 e. The number of aliphatic hydroxyl groups is 1. The first-order valence-corrected chi connectivity index (χ1v) is 4.86. The van der Waals surface area contributed by atoms with Crippen LogP contribution in [0, 0.1) is 11.8 Å². The molecule has 2 aliphatic carbocycles. The van der Waals surface area contributed by atoms with Gasteiger partial charge in [-0.2, -0.15) is 0 Å². The SMILES string of the molecule is CC(=O)OCC1=C(CO)[C@@H]2C=C[C@H]1C2. The zero-order chi connectivity index (χ0) is 10.1. The van der Waals surface area contributed by atoms with E-state index >= 15 is 0 Å². The fourth-order valence-electron chi connectivity index (χ4n) is 2.29. The van der Waals surface area contributed by atoms with Crippen LogP contribution in [0.15, 0.2) is 23.3 Å². The normalized spacial score (nSPS) is 28.7. The summed E-state index contributed by atoms with van der Waals surface area (Å²) in [5.74, 6) is 0.513. The number of hydrogen-bond acceptors (Lipinski definition) is 3. The van der Waals surface area contributed by atoms with Gasteiger partial charge in [-0.25, -0.2) is 0 Å². The van der Waals surface area contributed by atoms with Gasteiger partial charge in [-0.3, -0.25) is 4.79 Å². The molecular weight excluding hydrogens is 180 g/mol. The average molecular weight is 194 g/mol. The molecule has 0 aromatic carbocycles. The van der Waals surface area contributed by atoms with Crippen molar-refractivity contribution < 1.29 is 14.6 Å². The number of rotatable bonds is 3. The maximum atomic E-state index is 10.7. The maximum Gasteiger partial charge on any atom is 0.302 e. The van der Waals surface area contributed by atoms with Crippen molar-refractivity contribution in [2.24, 2.45) is 11.8 Å². The zero-order valence-corrected chi connectivity index (χ0v) is 8.19. The van der Waals surface area contributed by atoms with Crippen LogP contribution in [0.4, 0.5) is 0 Å². The summed E-state index contributed by atoms with van der Waals surface area (Å²) < 4.78 is 4.97. The fraction of sp³-hybridized carbons (Fsp3) is 0.545. The minimum absolute atomic E-state index is 0.0854. The predicted molar refractivity (Wildman–Crippen MR) is 51.5 cm³/mol. The molecule has 0 saturated carbocycles. The van der Waals surface area contributed by atoms with Gasteiger partial charge in [-0.1, -0.05) is 12.2 Å². The molecule has 0 spiro atoms. The number of hydrogen-bond donors (Lipinski definition) is 1. The minimum Gasteiger partial charge on any atom is -0.461 e. The summed E-state index contributed by atoms with van der Waals surface area (Å²) in [5, 5.41) is 9.19. The Labute approximate surface area is 83.1 Å². The van der Waals surface area contributed by atoms with Crippen LogP contribution in [-0.4, -0.2) is 24.3 Å². The summed E-state index contributed by atoms with van der Waals surface area (Å²) in [5.41, 5.74) is 2.16. The predicted octanol–water partition coefficient (Wildman–Crippen LogP) is 1.04. The third kappa shape index (κ3) is 1.48. The zero-order valence-electron chi connectivity index (χ0n) is 8.19. The lowest BCUT2D eigenvalue weighted by Gasteiger charge is -2.14. The second-order valence-corrected chi connectivity index (χ2v) is 3.82. The molecule has 1 N–H and O–H groups in total. The Bertz CT molecular complexity index is 314. The van der Waals surface area contributed by atoms with Crippen molar-refractivity contribution >= 4 is 5.97 Å².